The fraction of sp³-hybridized carbons (Fsp3) is 0.0714. The lowest BCUT2D eigenvalue weighted by Gasteiger charge is -2.00. The summed E-state index contributed by atoms with van der Waals surface area (Å²) in [5.74, 6) is -0.635. The normalized spacial score (nSPS) is 11.0. The van der Waals surface area contributed by atoms with E-state index in [9.17, 15) is 9.18 Å². The molecule has 0 saturated carbocycles. The van der Waals surface area contributed by atoms with Gasteiger partial charge in [-0.15, -0.1) is 5.10 Å². The molecule has 3 rings (SSSR count). The van der Waals surface area contributed by atoms with E-state index >= 15 is 0 Å². The van der Waals surface area contributed by atoms with Crippen molar-refractivity contribution in [2.24, 2.45) is 0 Å². The lowest BCUT2D eigenvalue weighted by Crippen LogP contribution is -2.12. The minimum absolute atomic E-state index is 0.0694. The van der Waals surface area contributed by atoms with Gasteiger partial charge in [-0.3, -0.25) is 9.20 Å². The van der Waals surface area contributed by atoms with E-state index in [0.717, 1.165) is 0 Å². The third kappa shape index (κ3) is 2.77. The van der Waals surface area contributed by atoms with Crippen LogP contribution in [0, 0.1) is 10.6 Å². The van der Waals surface area contributed by atoms with Gasteiger partial charge in [-0.25, -0.2) is 9.07 Å². The SMILES string of the molecule is O=C(Cn1nc2c(Cl)cc(Cl)cn2c1=S)c1ccc(F)cc1. The van der Waals surface area contributed by atoms with Gasteiger partial charge in [0.15, 0.2) is 11.4 Å². The van der Waals surface area contributed by atoms with Crippen molar-refractivity contribution in [3.63, 3.8) is 0 Å². The molecule has 0 aliphatic heterocycles. The summed E-state index contributed by atoms with van der Waals surface area (Å²) in [7, 11) is 0. The highest BCUT2D eigenvalue weighted by molar-refractivity contribution is 7.71. The summed E-state index contributed by atoms with van der Waals surface area (Å²) in [5, 5.41) is 4.98. The molecule has 22 heavy (non-hydrogen) atoms. The molecule has 0 atom stereocenters. The van der Waals surface area contributed by atoms with Gasteiger partial charge in [0.1, 0.15) is 12.4 Å². The Morgan fingerprint density at radius 1 is 1.27 bits per heavy atom. The van der Waals surface area contributed by atoms with Crippen molar-refractivity contribution in [3.05, 3.63) is 62.7 Å². The maximum Gasteiger partial charge on any atom is 0.202 e. The van der Waals surface area contributed by atoms with Gasteiger partial charge in [0.2, 0.25) is 4.77 Å². The van der Waals surface area contributed by atoms with Gasteiger partial charge in [-0.05, 0) is 42.5 Å². The summed E-state index contributed by atoms with van der Waals surface area (Å²) < 4.78 is 16.1. The van der Waals surface area contributed by atoms with Gasteiger partial charge in [-0.1, -0.05) is 23.2 Å². The topological polar surface area (TPSA) is 39.3 Å². The molecule has 112 valence electrons. The molecule has 2 aromatic heterocycles. The fourth-order valence-corrected chi connectivity index (χ4v) is 2.77. The Balaban J connectivity index is 1.99. The van der Waals surface area contributed by atoms with Gasteiger partial charge in [0.25, 0.3) is 0 Å². The molecule has 0 fully saturated rings. The summed E-state index contributed by atoms with van der Waals surface area (Å²) in [6.07, 6.45) is 1.58. The molecule has 8 heteroatoms. The first kappa shape index (κ1) is 15.1. The van der Waals surface area contributed by atoms with E-state index < -0.39 is 5.82 Å². The summed E-state index contributed by atoms with van der Waals surface area (Å²) >= 11 is 17.3. The van der Waals surface area contributed by atoms with Crippen LogP contribution in [0.4, 0.5) is 4.39 Å². The van der Waals surface area contributed by atoms with Crippen LogP contribution >= 0.6 is 35.4 Å². The van der Waals surface area contributed by atoms with Crippen molar-refractivity contribution in [2.45, 2.75) is 6.54 Å². The lowest BCUT2D eigenvalue weighted by atomic mass is 10.1. The zero-order chi connectivity index (χ0) is 15.9. The summed E-state index contributed by atoms with van der Waals surface area (Å²) in [6, 6.07) is 6.84. The van der Waals surface area contributed by atoms with Gasteiger partial charge < -0.3 is 0 Å². The number of halogens is 3. The van der Waals surface area contributed by atoms with Crippen LogP contribution in [0.15, 0.2) is 36.5 Å². The first-order chi connectivity index (χ1) is 10.5. The highest BCUT2D eigenvalue weighted by Gasteiger charge is 2.13. The maximum atomic E-state index is 12.9. The van der Waals surface area contributed by atoms with Crippen LogP contribution in [0.3, 0.4) is 0 Å². The molecule has 0 bridgehead atoms. The number of hydrogen-bond donors (Lipinski definition) is 0. The van der Waals surface area contributed by atoms with Crippen molar-refractivity contribution >= 4 is 46.9 Å². The van der Waals surface area contributed by atoms with Crippen LogP contribution in [0.25, 0.3) is 5.65 Å². The van der Waals surface area contributed by atoms with Crippen molar-refractivity contribution < 1.29 is 9.18 Å². The standard InChI is InChI=1S/C14H8Cl2FN3OS/c15-9-5-11(16)13-18-20(14(22)19(13)6-9)7-12(21)8-1-3-10(17)4-2-8/h1-6H,7H2. The summed E-state index contributed by atoms with van der Waals surface area (Å²) in [4.78, 5) is 12.2. The number of nitrogens with zero attached hydrogens (tertiary/aromatic N) is 3. The second kappa shape index (κ2) is 5.79. The number of fused-ring (bicyclic) bond motifs is 1. The molecule has 1 aromatic carbocycles. The summed E-state index contributed by atoms with van der Waals surface area (Å²) in [5.41, 5.74) is 0.799. The van der Waals surface area contributed by atoms with E-state index in [1.807, 2.05) is 0 Å². The third-order valence-electron chi connectivity index (χ3n) is 3.06. The number of rotatable bonds is 3. The predicted molar refractivity (Wildman–Crippen MR) is 84.8 cm³/mol. The van der Waals surface area contributed by atoms with E-state index in [2.05, 4.69) is 5.10 Å². The smallest absolute Gasteiger partial charge is 0.202 e. The van der Waals surface area contributed by atoms with E-state index in [4.69, 9.17) is 35.4 Å². The Hall–Kier alpha value is -1.76. The maximum absolute atomic E-state index is 12.9. The van der Waals surface area contributed by atoms with Gasteiger partial charge in [-0.2, -0.15) is 0 Å². The number of Topliss-reactive ketones (excluding diaryl/α,β-unsaturated/α-hetero) is 1. The zero-order valence-corrected chi connectivity index (χ0v) is 13.3. The Kier molecular flexibility index (Phi) is 3.99. The quantitative estimate of drug-likeness (QED) is 0.522. The van der Waals surface area contributed by atoms with Crippen LogP contribution in [0.5, 0.6) is 0 Å². The number of pyridine rings is 1. The van der Waals surface area contributed by atoms with E-state index in [-0.39, 0.29) is 12.3 Å². The molecule has 0 N–H and O–H groups in total. The van der Waals surface area contributed by atoms with Crippen molar-refractivity contribution in [1.82, 2.24) is 14.2 Å². The molecule has 4 nitrogen and oxygen atoms in total. The molecule has 0 saturated heterocycles. The van der Waals surface area contributed by atoms with Crippen LogP contribution in [0.1, 0.15) is 10.4 Å². The number of ketones is 1. The Morgan fingerprint density at radius 2 is 1.95 bits per heavy atom. The van der Waals surface area contributed by atoms with Crippen LogP contribution < -0.4 is 0 Å². The number of benzene rings is 1. The van der Waals surface area contributed by atoms with Crippen molar-refractivity contribution in [3.8, 4) is 0 Å². The molecule has 0 aliphatic rings. The predicted octanol–water partition coefficient (Wildman–Crippen LogP) is 4.19. The molecular weight excluding hydrogens is 348 g/mol. The Morgan fingerprint density at radius 3 is 2.64 bits per heavy atom. The molecule has 0 amide bonds. The number of carbonyl (C=O) groups excluding carboxylic acids is 1. The number of hydrogen-bond acceptors (Lipinski definition) is 3. The first-order valence-electron chi connectivity index (χ1n) is 6.18. The largest absolute Gasteiger partial charge is 0.292 e. The van der Waals surface area contributed by atoms with E-state index in [0.29, 0.717) is 26.0 Å². The van der Waals surface area contributed by atoms with Crippen molar-refractivity contribution in [1.29, 1.82) is 0 Å². The number of carbonyl (C=O) groups is 1. The van der Waals surface area contributed by atoms with E-state index in [1.54, 1.807) is 12.3 Å². The van der Waals surface area contributed by atoms with Gasteiger partial charge in [0.05, 0.1) is 10.0 Å². The van der Waals surface area contributed by atoms with Crippen LogP contribution in [-0.2, 0) is 6.54 Å². The second-order valence-electron chi connectivity index (χ2n) is 4.57. The highest BCUT2D eigenvalue weighted by Crippen LogP contribution is 2.21. The molecule has 0 aliphatic carbocycles. The van der Waals surface area contributed by atoms with E-state index in [1.165, 1.54) is 33.3 Å². The minimum Gasteiger partial charge on any atom is -0.292 e. The van der Waals surface area contributed by atoms with Crippen LogP contribution in [0.2, 0.25) is 10.0 Å². The molecular formula is C14H8Cl2FN3OS. The molecule has 3 aromatic rings. The monoisotopic (exact) mass is 355 g/mol. The van der Waals surface area contributed by atoms with Gasteiger partial charge in [0, 0.05) is 11.8 Å². The second-order valence-corrected chi connectivity index (χ2v) is 5.78. The average molecular weight is 356 g/mol. The zero-order valence-electron chi connectivity index (χ0n) is 11.0. The first-order valence-corrected chi connectivity index (χ1v) is 7.35. The fourth-order valence-electron chi connectivity index (χ4n) is 2.01. The Labute approximate surface area is 139 Å². The molecule has 0 unspecified atom stereocenters. The summed E-state index contributed by atoms with van der Waals surface area (Å²) in [6.45, 7) is -0.0694. The Bertz CT molecular complexity index is 934. The minimum atomic E-state index is -0.401. The lowest BCUT2D eigenvalue weighted by molar-refractivity contribution is 0.0967. The molecule has 2 heterocycles. The highest BCUT2D eigenvalue weighted by atomic mass is 35.5. The average Bonchev–Trinajstić information content (AvgIpc) is 2.77. The van der Waals surface area contributed by atoms with Crippen molar-refractivity contribution in [2.75, 3.05) is 0 Å². The van der Waals surface area contributed by atoms with Crippen LogP contribution in [-0.4, -0.2) is 20.0 Å². The molecule has 0 spiro atoms. The van der Waals surface area contributed by atoms with Gasteiger partial charge >= 0.3 is 0 Å². The molecule has 0 radical (unpaired) electrons. The third-order valence-corrected chi connectivity index (χ3v) is 3.95. The number of aromatic nitrogens is 3.